The molecule has 12 heavy (non-hydrogen) atoms. The van der Waals surface area contributed by atoms with E-state index in [1.54, 1.807) is 18.6 Å². The first-order valence-corrected chi connectivity index (χ1v) is 4.03. The molecule has 4 nitrogen and oxygen atoms in total. The van der Waals surface area contributed by atoms with Gasteiger partial charge in [0.05, 0.1) is 6.20 Å². The zero-order valence-corrected chi connectivity index (χ0v) is 7.20. The maximum absolute atomic E-state index is 5.46. The van der Waals surface area contributed by atoms with Crippen molar-refractivity contribution >= 4 is 5.82 Å². The van der Waals surface area contributed by atoms with E-state index in [0.717, 1.165) is 12.4 Å². The second kappa shape index (κ2) is 4.66. The third-order valence-corrected chi connectivity index (χ3v) is 1.60. The van der Waals surface area contributed by atoms with Crippen molar-refractivity contribution in [2.45, 2.75) is 6.92 Å². The molecule has 0 radical (unpaired) electrons. The van der Waals surface area contributed by atoms with Gasteiger partial charge in [0.2, 0.25) is 0 Å². The molecule has 0 spiro atoms. The van der Waals surface area contributed by atoms with Crippen LogP contribution in [-0.2, 0) is 0 Å². The first-order chi connectivity index (χ1) is 5.83. The van der Waals surface area contributed by atoms with Crippen LogP contribution in [0.5, 0.6) is 0 Å². The highest BCUT2D eigenvalue weighted by Crippen LogP contribution is 1.98. The minimum absolute atomic E-state index is 0.465. The van der Waals surface area contributed by atoms with E-state index in [4.69, 9.17) is 5.73 Å². The molecule has 0 aromatic carbocycles. The smallest absolute Gasteiger partial charge is 0.144 e. The zero-order chi connectivity index (χ0) is 8.81. The molecule has 4 heteroatoms. The third-order valence-electron chi connectivity index (χ3n) is 1.60. The van der Waals surface area contributed by atoms with E-state index < -0.39 is 0 Å². The molecule has 1 aromatic heterocycles. The van der Waals surface area contributed by atoms with Crippen LogP contribution in [0.3, 0.4) is 0 Å². The van der Waals surface area contributed by atoms with E-state index >= 15 is 0 Å². The van der Waals surface area contributed by atoms with Crippen molar-refractivity contribution in [1.82, 2.24) is 9.97 Å². The summed E-state index contributed by atoms with van der Waals surface area (Å²) in [5.74, 6) is 1.27. The number of nitrogens with one attached hydrogen (secondary N) is 1. The Hall–Kier alpha value is -1.16. The zero-order valence-electron chi connectivity index (χ0n) is 7.20. The topological polar surface area (TPSA) is 63.8 Å². The molecule has 0 aliphatic carbocycles. The Bertz CT molecular complexity index is 212. The monoisotopic (exact) mass is 166 g/mol. The van der Waals surface area contributed by atoms with Crippen LogP contribution in [0.1, 0.15) is 6.92 Å². The fourth-order valence-corrected chi connectivity index (χ4v) is 0.753. The standard InChI is InChI=1S/C8H14N4/c1-7(4-9)5-12-8-6-10-2-3-11-8/h2-3,6-7H,4-5,9H2,1H3,(H,11,12). The van der Waals surface area contributed by atoms with Gasteiger partial charge in [-0.3, -0.25) is 4.98 Å². The van der Waals surface area contributed by atoms with Crippen molar-refractivity contribution in [3.05, 3.63) is 18.6 Å². The van der Waals surface area contributed by atoms with Gasteiger partial charge in [-0.05, 0) is 12.5 Å². The van der Waals surface area contributed by atoms with Gasteiger partial charge in [0.25, 0.3) is 0 Å². The minimum atomic E-state index is 0.465. The van der Waals surface area contributed by atoms with Crippen LogP contribution in [0, 0.1) is 5.92 Å². The molecular weight excluding hydrogens is 152 g/mol. The van der Waals surface area contributed by atoms with Gasteiger partial charge < -0.3 is 11.1 Å². The van der Waals surface area contributed by atoms with Gasteiger partial charge >= 0.3 is 0 Å². The highest BCUT2D eigenvalue weighted by Gasteiger charge is 1.98. The number of aromatic nitrogens is 2. The predicted octanol–water partition coefficient (Wildman–Crippen LogP) is 0.483. The summed E-state index contributed by atoms with van der Waals surface area (Å²) in [6, 6.07) is 0. The summed E-state index contributed by atoms with van der Waals surface area (Å²) < 4.78 is 0. The molecule has 3 N–H and O–H groups in total. The molecule has 66 valence electrons. The lowest BCUT2D eigenvalue weighted by molar-refractivity contribution is 0.627. The quantitative estimate of drug-likeness (QED) is 0.683. The van der Waals surface area contributed by atoms with Crippen LogP contribution in [0.2, 0.25) is 0 Å². The first kappa shape index (κ1) is 8.93. The molecule has 1 heterocycles. The van der Waals surface area contributed by atoms with Gasteiger partial charge in [-0.15, -0.1) is 0 Å². The van der Waals surface area contributed by atoms with Crippen molar-refractivity contribution < 1.29 is 0 Å². The van der Waals surface area contributed by atoms with Gasteiger partial charge in [-0.25, -0.2) is 4.98 Å². The second-order valence-corrected chi connectivity index (χ2v) is 2.81. The van der Waals surface area contributed by atoms with E-state index in [-0.39, 0.29) is 0 Å². The summed E-state index contributed by atoms with van der Waals surface area (Å²) in [5.41, 5.74) is 5.46. The summed E-state index contributed by atoms with van der Waals surface area (Å²) in [4.78, 5) is 8.00. The number of nitrogens with two attached hydrogens (primary N) is 1. The van der Waals surface area contributed by atoms with E-state index in [9.17, 15) is 0 Å². The summed E-state index contributed by atoms with van der Waals surface area (Å²) >= 11 is 0. The predicted molar refractivity (Wildman–Crippen MR) is 48.7 cm³/mol. The number of hydrogen-bond acceptors (Lipinski definition) is 4. The fourth-order valence-electron chi connectivity index (χ4n) is 0.753. The average Bonchev–Trinajstić information content (AvgIpc) is 2.16. The molecule has 0 fully saturated rings. The van der Waals surface area contributed by atoms with Crippen molar-refractivity contribution in [3.63, 3.8) is 0 Å². The number of anilines is 1. The van der Waals surface area contributed by atoms with E-state index in [2.05, 4.69) is 22.2 Å². The summed E-state index contributed by atoms with van der Waals surface area (Å²) in [6.45, 7) is 3.62. The van der Waals surface area contributed by atoms with Gasteiger partial charge in [-0.2, -0.15) is 0 Å². The molecule has 0 saturated carbocycles. The Morgan fingerprint density at radius 2 is 2.42 bits per heavy atom. The average molecular weight is 166 g/mol. The Morgan fingerprint density at radius 1 is 1.58 bits per heavy atom. The van der Waals surface area contributed by atoms with E-state index in [1.807, 2.05) is 0 Å². The molecule has 0 saturated heterocycles. The van der Waals surface area contributed by atoms with Gasteiger partial charge in [0.1, 0.15) is 5.82 Å². The second-order valence-electron chi connectivity index (χ2n) is 2.81. The number of rotatable bonds is 4. The van der Waals surface area contributed by atoms with Crippen molar-refractivity contribution in [2.24, 2.45) is 11.7 Å². The van der Waals surface area contributed by atoms with Crippen molar-refractivity contribution in [2.75, 3.05) is 18.4 Å². The fraction of sp³-hybridized carbons (Fsp3) is 0.500. The number of hydrogen-bond donors (Lipinski definition) is 2. The van der Waals surface area contributed by atoms with Crippen molar-refractivity contribution in [3.8, 4) is 0 Å². The lowest BCUT2D eigenvalue weighted by Gasteiger charge is -2.09. The Labute approximate surface area is 72.2 Å². The van der Waals surface area contributed by atoms with Crippen LogP contribution < -0.4 is 11.1 Å². The largest absolute Gasteiger partial charge is 0.368 e. The molecule has 0 aliphatic heterocycles. The summed E-state index contributed by atoms with van der Waals surface area (Å²) in [7, 11) is 0. The molecule has 1 rings (SSSR count). The molecule has 0 bridgehead atoms. The Balaban J connectivity index is 2.33. The maximum atomic E-state index is 5.46. The van der Waals surface area contributed by atoms with Gasteiger partial charge in [-0.1, -0.05) is 6.92 Å². The highest BCUT2D eigenvalue weighted by atomic mass is 15.0. The normalized spacial score (nSPS) is 12.5. The summed E-state index contributed by atoms with van der Waals surface area (Å²) in [5, 5.41) is 3.14. The Morgan fingerprint density at radius 3 is 3.00 bits per heavy atom. The first-order valence-electron chi connectivity index (χ1n) is 4.03. The Kier molecular flexibility index (Phi) is 3.47. The summed E-state index contributed by atoms with van der Waals surface area (Å²) in [6.07, 6.45) is 5.01. The van der Waals surface area contributed by atoms with Crippen LogP contribution in [-0.4, -0.2) is 23.1 Å². The lowest BCUT2D eigenvalue weighted by Crippen LogP contribution is -2.20. The van der Waals surface area contributed by atoms with E-state index in [0.29, 0.717) is 12.5 Å². The van der Waals surface area contributed by atoms with Crippen LogP contribution >= 0.6 is 0 Å². The van der Waals surface area contributed by atoms with Gasteiger partial charge in [0, 0.05) is 18.9 Å². The third kappa shape index (κ3) is 2.84. The van der Waals surface area contributed by atoms with Crippen molar-refractivity contribution in [1.29, 1.82) is 0 Å². The molecule has 0 aliphatic rings. The van der Waals surface area contributed by atoms with E-state index in [1.165, 1.54) is 0 Å². The lowest BCUT2D eigenvalue weighted by atomic mass is 10.2. The van der Waals surface area contributed by atoms with Crippen LogP contribution in [0.15, 0.2) is 18.6 Å². The molecule has 0 amide bonds. The van der Waals surface area contributed by atoms with Gasteiger partial charge in [0.15, 0.2) is 0 Å². The van der Waals surface area contributed by atoms with Crippen LogP contribution in [0.25, 0.3) is 0 Å². The molecule has 1 atom stereocenters. The number of nitrogens with zero attached hydrogens (tertiary/aromatic N) is 2. The molecule has 1 unspecified atom stereocenters. The minimum Gasteiger partial charge on any atom is -0.368 e. The van der Waals surface area contributed by atoms with Crippen LogP contribution in [0.4, 0.5) is 5.82 Å². The molecule has 1 aromatic rings. The highest BCUT2D eigenvalue weighted by molar-refractivity contribution is 5.29. The molecular formula is C8H14N4. The maximum Gasteiger partial charge on any atom is 0.144 e. The SMILES string of the molecule is CC(CN)CNc1cnccn1.